The first kappa shape index (κ1) is 21.2. The van der Waals surface area contributed by atoms with Gasteiger partial charge in [0.2, 0.25) is 15.8 Å². The molecule has 152 valence electrons. The van der Waals surface area contributed by atoms with Crippen molar-refractivity contribution in [2.75, 3.05) is 6.54 Å². The summed E-state index contributed by atoms with van der Waals surface area (Å²) in [6, 6.07) is 9.15. The number of carbonyl (C=O) groups is 1. The largest absolute Gasteiger partial charge is 0.455 e. The van der Waals surface area contributed by atoms with Gasteiger partial charge in [-0.1, -0.05) is 28.4 Å². The van der Waals surface area contributed by atoms with E-state index in [-0.39, 0.29) is 33.3 Å². The van der Waals surface area contributed by atoms with Crippen LogP contribution in [0.5, 0.6) is 0 Å². The highest BCUT2D eigenvalue weighted by Crippen LogP contribution is 2.24. The number of nitrogens with one attached hydrogen (secondary N) is 1. The number of sulfonamides is 1. The van der Waals surface area contributed by atoms with Gasteiger partial charge < -0.3 is 9.26 Å². The van der Waals surface area contributed by atoms with Gasteiger partial charge in [-0.3, -0.25) is 4.79 Å². The molecule has 0 saturated heterocycles. The van der Waals surface area contributed by atoms with Crippen molar-refractivity contribution in [1.29, 1.82) is 0 Å². The molecular formula is C17H12Cl2FN3O5S. The van der Waals surface area contributed by atoms with Crippen molar-refractivity contribution >= 4 is 39.2 Å². The van der Waals surface area contributed by atoms with E-state index in [0.29, 0.717) is 5.56 Å². The predicted molar refractivity (Wildman–Crippen MR) is 101 cm³/mol. The molecule has 1 aromatic heterocycles. The Bertz CT molecular complexity index is 1140. The molecule has 0 saturated carbocycles. The Morgan fingerprint density at radius 3 is 2.55 bits per heavy atom. The van der Waals surface area contributed by atoms with Gasteiger partial charge in [0.25, 0.3) is 5.89 Å². The van der Waals surface area contributed by atoms with E-state index in [0.717, 1.165) is 6.07 Å². The number of benzene rings is 2. The van der Waals surface area contributed by atoms with Crippen LogP contribution in [0, 0.1) is 5.82 Å². The Morgan fingerprint density at radius 1 is 1.14 bits per heavy atom. The molecule has 0 fully saturated rings. The van der Waals surface area contributed by atoms with Crippen LogP contribution in [0.2, 0.25) is 10.0 Å². The molecule has 0 radical (unpaired) electrons. The monoisotopic (exact) mass is 459 g/mol. The smallest absolute Gasteiger partial charge is 0.321 e. The molecule has 2 aromatic carbocycles. The first-order valence-electron chi connectivity index (χ1n) is 7.93. The molecule has 0 aliphatic heterocycles. The average molecular weight is 460 g/mol. The highest BCUT2D eigenvalue weighted by Gasteiger charge is 2.18. The second-order valence-corrected chi connectivity index (χ2v) is 8.16. The van der Waals surface area contributed by atoms with Crippen molar-refractivity contribution in [2.24, 2.45) is 0 Å². The summed E-state index contributed by atoms with van der Waals surface area (Å²) < 4.78 is 49.2. The molecule has 0 bridgehead atoms. The third-order valence-corrected chi connectivity index (χ3v) is 5.67. The van der Waals surface area contributed by atoms with Gasteiger partial charge in [-0.25, -0.2) is 12.8 Å². The van der Waals surface area contributed by atoms with Gasteiger partial charge in [0.1, 0.15) is 12.4 Å². The van der Waals surface area contributed by atoms with E-state index < -0.39 is 28.4 Å². The number of hydrogen-bond acceptors (Lipinski definition) is 7. The van der Waals surface area contributed by atoms with Crippen LogP contribution >= 0.6 is 23.2 Å². The van der Waals surface area contributed by atoms with Crippen LogP contribution in [0.1, 0.15) is 5.89 Å². The van der Waals surface area contributed by atoms with E-state index in [1.165, 1.54) is 36.4 Å². The third-order valence-electron chi connectivity index (χ3n) is 3.54. The van der Waals surface area contributed by atoms with Crippen molar-refractivity contribution in [3.63, 3.8) is 0 Å². The Labute approximate surface area is 174 Å². The van der Waals surface area contributed by atoms with E-state index >= 15 is 0 Å². The Hall–Kier alpha value is -2.53. The quantitative estimate of drug-likeness (QED) is 0.539. The molecule has 1 N–H and O–H groups in total. The van der Waals surface area contributed by atoms with Gasteiger partial charge in [0.15, 0.2) is 6.61 Å². The zero-order chi connectivity index (χ0) is 21.0. The summed E-state index contributed by atoms with van der Waals surface area (Å²) >= 11 is 11.5. The van der Waals surface area contributed by atoms with E-state index in [1.807, 2.05) is 0 Å². The molecule has 0 aliphatic carbocycles. The van der Waals surface area contributed by atoms with Crippen LogP contribution in [-0.2, 0) is 26.2 Å². The van der Waals surface area contributed by atoms with Crippen molar-refractivity contribution in [3.8, 4) is 11.4 Å². The second kappa shape index (κ2) is 8.87. The summed E-state index contributed by atoms with van der Waals surface area (Å²) in [5.74, 6) is -1.09. The molecule has 0 amide bonds. The Morgan fingerprint density at radius 2 is 1.86 bits per heavy atom. The second-order valence-electron chi connectivity index (χ2n) is 5.58. The molecule has 3 rings (SSSR count). The highest BCUT2D eigenvalue weighted by molar-refractivity contribution is 7.89. The zero-order valence-corrected chi connectivity index (χ0v) is 16.8. The lowest BCUT2D eigenvalue weighted by molar-refractivity contribution is -0.144. The summed E-state index contributed by atoms with van der Waals surface area (Å²) in [4.78, 5) is 15.7. The zero-order valence-electron chi connectivity index (χ0n) is 14.4. The van der Waals surface area contributed by atoms with Crippen molar-refractivity contribution in [1.82, 2.24) is 14.9 Å². The lowest BCUT2D eigenvalue weighted by Gasteiger charge is -2.07. The van der Waals surface area contributed by atoms with Crippen molar-refractivity contribution < 1.29 is 26.9 Å². The number of nitrogens with zero attached hydrogens (tertiary/aromatic N) is 2. The normalized spacial score (nSPS) is 11.4. The molecule has 0 atom stereocenters. The van der Waals surface area contributed by atoms with Crippen LogP contribution in [0.15, 0.2) is 51.9 Å². The van der Waals surface area contributed by atoms with E-state index in [1.54, 1.807) is 0 Å². The Kier molecular flexibility index (Phi) is 6.48. The molecule has 1 heterocycles. The fraction of sp³-hybridized carbons (Fsp3) is 0.118. The minimum atomic E-state index is -3.99. The summed E-state index contributed by atoms with van der Waals surface area (Å²) in [7, 11) is -3.99. The molecule has 0 spiro atoms. The fourth-order valence-corrected chi connectivity index (χ4v) is 3.46. The van der Waals surface area contributed by atoms with Gasteiger partial charge in [0.05, 0.1) is 14.9 Å². The number of hydrogen-bond donors (Lipinski definition) is 1. The van der Waals surface area contributed by atoms with E-state index in [4.69, 9.17) is 32.5 Å². The van der Waals surface area contributed by atoms with Crippen LogP contribution in [0.3, 0.4) is 0 Å². The topological polar surface area (TPSA) is 111 Å². The number of rotatable bonds is 7. The highest BCUT2D eigenvalue weighted by atomic mass is 35.5. The summed E-state index contributed by atoms with van der Waals surface area (Å²) in [6.45, 7) is -0.983. The molecule has 0 unspecified atom stereocenters. The van der Waals surface area contributed by atoms with Gasteiger partial charge in [-0.05, 0) is 42.5 Å². The number of aromatic nitrogens is 2. The standard InChI is InChI=1S/C17H12Cl2FN3O5S/c18-13-6-5-12(7-14(13)19)29(25,26)21-8-16(24)27-9-15-22-17(23-28-15)10-1-3-11(20)4-2-10/h1-7,21H,8-9H2. The maximum atomic E-state index is 12.9. The first-order valence-corrected chi connectivity index (χ1v) is 10.2. The fourth-order valence-electron chi connectivity index (χ4n) is 2.10. The number of esters is 1. The van der Waals surface area contributed by atoms with Crippen LogP contribution in [0.4, 0.5) is 4.39 Å². The molecule has 3 aromatic rings. The lowest BCUT2D eigenvalue weighted by atomic mass is 10.2. The van der Waals surface area contributed by atoms with Gasteiger partial charge in [-0.15, -0.1) is 0 Å². The molecular weight excluding hydrogens is 448 g/mol. The summed E-state index contributed by atoms with van der Waals surface area (Å²) in [6.07, 6.45) is 0. The van der Waals surface area contributed by atoms with E-state index in [2.05, 4.69) is 14.9 Å². The Balaban J connectivity index is 1.53. The summed E-state index contributed by atoms with van der Waals surface area (Å²) in [5.41, 5.74) is 0.516. The maximum absolute atomic E-state index is 12.9. The molecule has 8 nitrogen and oxygen atoms in total. The van der Waals surface area contributed by atoms with E-state index in [9.17, 15) is 17.6 Å². The van der Waals surface area contributed by atoms with Crippen LogP contribution in [0.25, 0.3) is 11.4 Å². The molecule has 12 heteroatoms. The minimum absolute atomic E-state index is 0.00925. The average Bonchev–Trinajstić information content (AvgIpc) is 3.16. The van der Waals surface area contributed by atoms with Crippen LogP contribution < -0.4 is 4.72 Å². The number of ether oxygens (including phenoxy) is 1. The molecule has 0 aliphatic rings. The van der Waals surface area contributed by atoms with Gasteiger partial charge in [0, 0.05) is 5.56 Å². The van der Waals surface area contributed by atoms with Crippen molar-refractivity contribution in [2.45, 2.75) is 11.5 Å². The number of halogens is 3. The SMILES string of the molecule is O=C(CNS(=O)(=O)c1ccc(Cl)c(Cl)c1)OCc1nc(-c2ccc(F)cc2)no1. The van der Waals surface area contributed by atoms with Gasteiger partial charge in [-0.2, -0.15) is 9.71 Å². The summed E-state index contributed by atoms with van der Waals surface area (Å²) in [5, 5.41) is 3.96. The number of carbonyl (C=O) groups excluding carboxylic acids is 1. The minimum Gasteiger partial charge on any atom is -0.455 e. The lowest BCUT2D eigenvalue weighted by Crippen LogP contribution is -2.30. The third kappa shape index (κ3) is 5.51. The molecule has 29 heavy (non-hydrogen) atoms. The predicted octanol–water partition coefficient (Wildman–Crippen LogP) is 3.20. The van der Waals surface area contributed by atoms with Crippen molar-refractivity contribution in [3.05, 3.63) is 64.2 Å². The van der Waals surface area contributed by atoms with Gasteiger partial charge >= 0.3 is 5.97 Å². The van der Waals surface area contributed by atoms with Crippen LogP contribution in [-0.4, -0.2) is 31.1 Å². The maximum Gasteiger partial charge on any atom is 0.321 e. The first-order chi connectivity index (χ1) is 13.7.